The van der Waals surface area contributed by atoms with Crippen molar-refractivity contribution in [2.24, 2.45) is 0 Å². The van der Waals surface area contributed by atoms with Crippen LogP contribution in [-0.4, -0.2) is 28.6 Å². The molecule has 2 aromatic rings. The molecule has 114 valence electrons. The zero-order valence-electron chi connectivity index (χ0n) is 11.9. The predicted octanol–water partition coefficient (Wildman–Crippen LogP) is 1.75. The normalized spacial score (nSPS) is 18.6. The van der Waals surface area contributed by atoms with Gasteiger partial charge >= 0.3 is 6.03 Å². The Kier molecular flexibility index (Phi) is 3.10. The summed E-state index contributed by atoms with van der Waals surface area (Å²) in [5.41, 5.74) is 1.84. The van der Waals surface area contributed by atoms with E-state index >= 15 is 0 Å². The first-order valence-corrected chi connectivity index (χ1v) is 7.26. The molecule has 0 unspecified atom stereocenters. The summed E-state index contributed by atoms with van der Waals surface area (Å²) < 4.78 is 12.5. The number of carbonyl (C=O) groups excluding carboxylic acids is 1. The van der Waals surface area contributed by atoms with Crippen molar-refractivity contribution in [3.05, 3.63) is 36.2 Å². The van der Waals surface area contributed by atoms with Gasteiger partial charge in [-0.3, -0.25) is 4.68 Å². The van der Waals surface area contributed by atoms with Gasteiger partial charge in [0.05, 0.1) is 0 Å². The monoisotopic (exact) mass is 300 g/mol. The largest absolute Gasteiger partial charge is 0.454 e. The molecule has 0 spiro atoms. The number of urea groups is 1. The van der Waals surface area contributed by atoms with Gasteiger partial charge < -0.3 is 20.1 Å². The lowest BCUT2D eigenvalue weighted by molar-refractivity contribution is 0.174. The minimum atomic E-state index is -0.211. The minimum absolute atomic E-state index is 0.123. The van der Waals surface area contributed by atoms with E-state index in [-0.39, 0.29) is 18.9 Å². The number of nitrogens with one attached hydrogen (secondary N) is 2. The van der Waals surface area contributed by atoms with Gasteiger partial charge in [-0.2, -0.15) is 5.10 Å². The fourth-order valence-corrected chi connectivity index (χ4v) is 2.82. The topological polar surface area (TPSA) is 77.4 Å². The molecule has 0 bridgehead atoms. The number of benzene rings is 1. The van der Waals surface area contributed by atoms with Crippen LogP contribution in [0.5, 0.6) is 11.5 Å². The van der Waals surface area contributed by atoms with E-state index in [1.54, 1.807) is 24.4 Å². The molecule has 4 rings (SSSR count). The number of carbonyl (C=O) groups is 1. The molecule has 2 amide bonds. The predicted molar refractivity (Wildman–Crippen MR) is 79.1 cm³/mol. The second-order valence-corrected chi connectivity index (χ2v) is 5.40. The van der Waals surface area contributed by atoms with E-state index in [2.05, 4.69) is 15.7 Å². The van der Waals surface area contributed by atoms with Crippen molar-refractivity contribution < 1.29 is 14.3 Å². The highest BCUT2D eigenvalue weighted by atomic mass is 16.7. The van der Waals surface area contributed by atoms with Gasteiger partial charge in [-0.1, -0.05) is 0 Å². The highest BCUT2D eigenvalue weighted by molar-refractivity contribution is 5.89. The average molecular weight is 300 g/mol. The summed E-state index contributed by atoms with van der Waals surface area (Å²) in [6.45, 7) is 1.05. The number of hydrogen-bond acceptors (Lipinski definition) is 4. The van der Waals surface area contributed by atoms with E-state index in [9.17, 15) is 4.79 Å². The van der Waals surface area contributed by atoms with Crippen LogP contribution in [0.1, 0.15) is 12.1 Å². The number of nitrogens with zero attached hydrogens (tertiary/aromatic N) is 2. The molecule has 7 nitrogen and oxygen atoms in total. The summed E-state index contributed by atoms with van der Waals surface area (Å²) in [7, 11) is 0. The number of ether oxygens (including phenoxy) is 2. The van der Waals surface area contributed by atoms with Gasteiger partial charge in [0, 0.05) is 42.7 Å². The Bertz CT molecular complexity index is 713. The Morgan fingerprint density at radius 2 is 2.18 bits per heavy atom. The van der Waals surface area contributed by atoms with Crippen LogP contribution in [-0.2, 0) is 13.0 Å². The van der Waals surface area contributed by atoms with Crippen LogP contribution >= 0.6 is 0 Å². The standard InChI is InChI=1S/C15H16N4O3/c20-15(17-10-1-2-13-14(8-10)22-9-21-13)18-11-4-6-19-12(7-11)3-5-16-19/h1-3,5,8,11H,4,6-7,9H2,(H2,17,18,20)/t11-/m1/s1. The second-order valence-electron chi connectivity index (χ2n) is 5.40. The molecule has 0 radical (unpaired) electrons. The molecule has 1 aromatic heterocycles. The molecule has 0 aliphatic carbocycles. The maximum absolute atomic E-state index is 12.1. The van der Waals surface area contributed by atoms with Crippen LogP contribution in [0.15, 0.2) is 30.5 Å². The van der Waals surface area contributed by atoms with Gasteiger partial charge in [-0.15, -0.1) is 0 Å². The molecule has 1 atom stereocenters. The SMILES string of the molecule is O=C(Nc1ccc2c(c1)OCO2)N[C@@H]1CCn2nccc2C1. The lowest BCUT2D eigenvalue weighted by atomic mass is 10.0. The average Bonchev–Trinajstić information content (AvgIpc) is 3.14. The van der Waals surface area contributed by atoms with E-state index in [0.29, 0.717) is 17.2 Å². The first-order valence-electron chi connectivity index (χ1n) is 7.26. The smallest absolute Gasteiger partial charge is 0.319 e. The molecule has 7 heteroatoms. The second kappa shape index (κ2) is 5.25. The minimum Gasteiger partial charge on any atom is -0.454 e. The first-order chi connectivity index (χ1) is 10.8. The van der Waals surface area contributed by atoms with E-state index in [1.165, 1.54) is 0 Å². The molecule has 0 fully saturated rings. The van der Waals surface area contributed by atoms with E-state index in [1.807, 2.05) is 10.7 Å². The van der Waals surface area contributed by atoms with E-state index < -0.39 is 0 Å². The Morgan fingerprint density at radius 3 is 3.14 bits per heavy atom. The number of rotatable bonds is 2. The van der Waals surface area contributed by atoms with Crippen LogP contribution in [0.25, 0.3) is 0 Å². The van der Waals surface area contributed by atoms with Crippen LogP contribution in [0.2, 0.25) is 0 Å². The van der Waals surface area contributed by atoms with Crippen LogP contribution in [0.3, 0.4) is 0 Å². The molecule has 3 heterocycles. The highest BCUT2D eigenvalue weighted by Gasteiger charge is 2.21. The number of fused-ring (bicyclic) bond motifs is 2. The quantitative estimate of drug-likeness (QED) is 0.886. The van der Waals surface area contributed by atoms with Crippen molar-refractivity contribution in [3.8, 4) is 11.5 Å². The summed E-state index contributed by atoms with van der Waals surface area (Å²) in [5, 5.41) is 10.1. The molecule has 0 saturated heterocycles. The summed E-state index contributed by atoms with van der Waals surface area (Å²) >= 11 is 0. The maximum Gasteiger partial charge on any atom is 0.319 e. The molecule has 2 aliphatic heterocycles. The third kappa shape index (κ3) is 2.45. The fraction of sp³-hybridized carbons (Fsp3) is 0.333. The zero-order valence-corrected chi connectivity index (χ0v) is 11.9. The van der Waals surface area contributed by atoms with Gasteiger partial charge in [0.25, 0.3) is 0 Å². The third-order valence-corrected chi connectivity index (χ3v) is 3.92. The lowest BCUT2D eigenvalue weighted by Crippen LogP contribution is -2.42. The van der Waals surface area contributed by atoms with Gasteiger partial charge in [-0.05, 0) is 24.6 Å². The number of amides is 2. The molecular formula is C15H16N4O3. The van der Waals surface area contributed by atoms with E-state index in [0.717, 1.165) is 25.1 Å². The maximum atomic E-state index is 12.1. The molecule has 1 aromatic carbocycles. The van der Waals surface area contributed by atoms with Crippen LogP contribution in [0.4, 0.5) is 10.5 Å². The van der Waals surface area contributed by atoms with Gasteiger partial charge in [0.15, 0.2) is 11.5 Å². The van der Waals surface area contributed by atoms with Crippen molar-refractivity contribution in [2.75, 3.05) is 12.1 Å². The van der Waals surface area contributed by atoms with Gasteiger partial charge in [-0.25, -0.2) is 4.79 Å². The van der Waals surface area contributed by atoms with Crippen molar-refractivity contribution in [1.29, 1.82) is 0 Å². The van der Waals surface area contributed by atoms with Crippen molar-refractivity contribution in [2.45, 2.75) is 25.4 Å². The molecular weight excluding hydrogens is 284 g/mol. The van der Waals surface area contributed by atoms with Crippen molar-refractivity contribution >= 4 is 11.7 Å². The summed E-state index contributed by atoms with van der Waals surface area (Å²) in [6, 6.07) is 7.25. The molecule has 0 saturated carbocycles. The number of hydrogen-bond donors (Lipinski definition) is 2. The van der Waals surface area contributed by atoms with Crippen LogP contribution < -0.4 is 20.1 Å². The Morgan fingerprint density at radius 1 is 1.27 bits per heavy atom. The lowest BCUT2D eigenvalue weighted by Gasteiger charge is -2.24. The molecule has 22 heavy (non-hydrogen) atoms. The third-order valence-electron chi connectivity index (χ3n) is 3.92. The molecule has 2 N–H and O–H groups in total. The fourth-order valence-electron chi connectivity index (χ4n) is 2.82. The number of aryl methyl sites for hydroxylation is 1. The summed E-state index contributed by atoms with van der Waals surface area (Å²) in [4.78, 5) is 12.1. The number of aromatic nitrogens is 2. The Hall–Kier alpha value is -2.70. The Labute approximate surface area is 127 Å². The van der Waals surface area contributed by atoms with Gasteiger partial charge in [0.1, 0.15) is 0 Å². The van der Waals surface area contributed by atoms with Crippen molar-refractivity contribution in [3.63, 3.8) is 0 Å². The zero-order chi connectivity index (χ0) is 14.9. The summed E-state index contributed by atoms with van der Waals surface area (Å²) in [6.07, 6.45) is 3.47. The van der Waals surface area contributed by atoms with Crippen LogP contribution in [0, 0.1) is 0 Å². The Balaban J connectivity index is 1.37. The summed E-state index contributed by atoms with van der Waals surface area (Å²) in [5.74, 6) is 1.35. The number of anilines is 1. The molecule has 2 aliphatic rings. The van der Waals surface area contributed by atoms with Gasteiger partial charge in [0.2, 0.25) is 6.79 Å². The first kappa shape index (κ1) is 13.0. The van der Waals surface area contributed by atoms with Crippen molar-refractivity contribution in [1.82, 2.24) is 15.1 Å². The highest BCUT2D eigenvalue weighted by Crippen LogP contribution is 2.34. The van der Waals surface area contributed by atoms with E-state index in [4.69, 9.17) is 9.47 Å².